The molecule has 0 saturated heterocycles. The lowest BCUT2D eigenvalue weighted by atomic mass is 9.97. The topological polar surface area (TPSA) is 59.8 Å². The summed E-state index contributed by atoms with van der Waals surface area (Å²) in [5, 5.41) is 7.16. The van der Waals surface area contributed by atoms with Gasteiger partial charge in [-0.15, -0.1) is 0 Å². The predicted octanol–water partition coefficient (Wildman–Crippen LogP) is 2.89. The number of halogens is 3. The first-order chi connectivity index (χ1) is 11.3. The third-order valence-electron chi connectivity index (χ3n) is 4.02. The highest BCUT2D eigenvalue weighted by atomic mass is 19.4. The lowest BCUT2D eigenvalue weighted by Crippen LogP contribution is -2.19. The van der Waals surface area contributed by atoms with Gasteiger partial charge in [0, 0.05) is 12.6 Å². The fourth-order valence-electron chi connectivity index (χ4n) is 2.91. The molecule has 1 aliphatic carbocycles. The Balaban J connectivity index is 1.74. The molecule has 0 unspecified atom stereocenters. The molecule has 1 N–H and O–H groups in total. The summed E-state index contributed by atoms with van der Waals surface area (Å²) in [5.74, 6) is 0.222. The maximum atomic E-state index is 12.7. The number of carbonyl (C=O) groups is 1. The van der Waals surface area contributed by atoms with Crippen LogP contribution in [0.4, 0.5) is 19.0 Å². The molecular formula is C16H17F3N4O. The highest BCUT2D eigenvalue weighted by Crippen LogP contribution is 2.28. The Bertz CT molecular complexity index is 767. The first kappa shape index (κ1) is 16.5. The molecule has 2 heterocycles. The highest BCUT2D eigenvalue weighted by Gasteiger charge is 2.32. The number of nitrogens with zero attached hydrogens (tertiary/aromatic N) is 3. The Labute approximate surface area is 136 Å². The monoisotopic (exact) mass is 338 g/mol. The highest BCUT2D eigenvalue weighted by molar-refractivity contribution is 5.92. The van der Waals surface area contributed by atoms with Crippen LogP contribution >= 0.6 is 0 Å². The van der Waals surface area contributed by atoms with Crippen molar-refractivity contribution >= 4 is 11.7 Å². The maximum absolute atomic E-state index is 12.7. The first-order valence-electron chi connectivity index (χ1n) is 7.72. The fraction of sp³-hybridized carbons (Fsp3) is 0.438. The van der Waals surface area contributed by atoms with E-state index in [1.54, 1.807) is 11.7 Å². The van der Waals surface area contributed by atoms with Gasteiger partial charge in [0.2, 0.25) is 5.91 Å². The second-order valence-corrected chi connectivity index (χ2v) is 5.84. The van der Waals surface area contributed by atoms with Gasteiger partial charge >= 0.3 is 6.18 Å². The summed E-state index contributed by atoms with van der Waals surface area (Å²) in [4.78, 5) is 15.7. The van der Waals surface area contributed by atoms with E-state index in [4.69, 9.17) is 0 Å². The summed E-state index contributed by atoms with van der Waals surface area (Å²) >= 11 is 0. The molecule has 0 spiro atoms. The van der Waals surface area contributed by atoms with Gasteiger partial charge in [-0.25, -0.2) is 4.98 Å². The molecule has 0 saturated carbocycles. The summed E-state index contributed by atoms with van der Waals surface area (Å²) in [7, 11) is 1.75. The van der Waals surface area contributed by atoms with E-state index in [-0.39, 0.29) is 12.1 Å². The molecule has 3 rings (SSSR count). The maximum Gasteiger partial charge on any atom is 0.433 e. The zero-order chi connectivity index (χ0) is 17.3. The lowest BCUT2D eigenvalue weighted by molar-refractivity contribution is -0.141. The molecule has 0 aliphatic heterocycles. The van der Waals surface area contributed by atoms with Crippen LogP contribution in [-0.4, -0.2) is 20.7 Å². The number of pyridine rings is 1. The standard InChI is InChI=1S/C16H17F3N4O/c1-23-15(11-6-2-3-7-12(11)22-23)21-14(24)9-10-5-4-8-13(20-10)16(17,18)19/h4-5,8H,2-3,6-7,9H2,1H3,(H,21,24). The second kappa shape index (κ2) is 6.26. The number of hydrogen-bond donors (Lipinski definition) is 1. The van der Waals surface area contributed by atoms with Crippen molar-refractivity contribution in [3.05, 3.63) is 40.8 Å². The molecule has 2 aromatic rings. The van der Waals surface area contributed by atoms with Crippen molar-refractivity contribution in [2.75, 3.05) is 5.32 Å². The Morgan fingerprint density at radius 2 is 2.04 bits per heavy atom. The number of anilines is 1. The van der Waals surface area contributed by atoms with E-state index < -0.39 is 17.8 Å². The van der Waals surface area contributed by atoms with Gasteiger partial charge in [-0.2, -0.15) is 18.3 Å². The van der Waals surface area contributed by atoms with E-state index in [1.165, 1.54) is 12.1 Å². The number of nitrogens with one attached hydrogen (secondary N) is 1. The molecule has 0 atom stereocenters. The summed E-state index contributed by atoms with van der Waals surface area (Å²) in [6.45, 7) is 0. The molecule has 128 valence electrons. The normalized spacial score (nSPS) is 14.3. The number of carbonyl (C=O) groups excluding carboxylic acids is 1. The van der Waals surface area contributed by atoms with Crippen molar-refractivity contribution < 1.29 is 18.0 Å². The number of fused-ring (bicyclic) bond motifs is 1. The van der Waals surface area contributed by atoms with Gasteiger partial charge in [-0.05, 0) is 37.8 Å². The van der Waals surface area contributed by atoms with Crippen molar-refractivity contribution in [1.29, 1.82) is 0 Å². The van der Waals surface area contributed by atoms with Gasteiger partial charge in [0.25, 0.3) is 0 Å². The third-order valence-corrected chi connectivity index (χ3v) is 4.02. The average molecular weight is 338 g/mol. The Morgan fingerprint density at radius 1 is 1.29 bits per heavy atom. The van der Waals surface area contributed by atoms with Crippen molar-refractivity contribution in [3.8, 4) is 0 Å². The van der Waals surface area contributed by atoms with E-state index in [2.05, 4.69) is 15.4 Å². The van der Waals surface area contributed by atoms with Crippen molar-refractivity contribution in [2.24, 2.45) is 7.05 Å². The molecule has 24 heavy (non-hydrogen) atoms. The minimum atomic E-state index is -4.52. The van der Waals surface area contributed by atoms with Gasteiger partial charge in [-0.3, -0.25) is 9.48 Å². The number of hydrogen-bond acceptors (Lipinski definition) is 3. The minimum Gasteiger partial charge on any atom is -0.310 e. The summed E-state index contributed by atoms with van der Waals surface area (Å²) < 4.78 is 39.7. The van der Waals surface area contributed by atoms with Crippen molar-refractivity contribution in [1.82, 2.24) is 14.8 Å². The third kappa shape index (κ3) is 3.42. The average Bonchev–Trinajstić information content (AvgIpc) is 2.83. The predicted molar refractivity (Wildman–Crippen MR) is 81.4 cm³/mol. The van der Waals surface area contributed by atoms with Crippen LogP contribution in [0, 0.1) is 0 Å². The number of rotatable bonds is 3. The molecular weight excluding hydrogens is 321 g/mol. The zero-order valence-corrected chi connectivity index (χ0v) is 13.2. The van der Waals surface area contributed by atoms with E-state index >= 15 is 0 Å². The molecule has 8 heteroatoms. The smallest absolute Gasteiger partial charge is 0.310 e. The van der Waals surface area contributed by atoms with Gasteiger partial charge in [0.1, 0.15) is 11.5 Å². The Hall–Kier alpha value is -2.38. The molecule has 2 aromatic heterocycles. The fourth-order valence-corrected chi connectivity index (χ4v) is 2.91. The van der Waals surface area contributed by atoms with Crippen LogP contribution in [0.3, 0.4) is 0 Å². The molecule has 1 aliphatic rings. The van der Waals surface area contributed by atoms with Crippen molar-refractivity contribution in [2.45, 2.75) is 38.3 Å². The van der Waals surface area contributed by atoms with Crippen LogP contribution < -0.4 is 5.32 Å². The number of aryl methyl sites for hydroxylation is 2. The van der Waals surface area contributed by atoms with Gasteiger partial charge in [0.15, 0.2) is 0 Å². The lowest BCUT2D eigenvalue weighted by Gasteiger charge is -2.12. The molecule has 0 bridgehead atoms. The van der Waals surface area contributed by atoms with Crippen LogP contribution in [-0.2, 0) is 37.3 Å². The molecule has 1 amide bonds. The van der Waals surface area contributed by atoms with E-state index in [9.17, 15) is 18.0 Å². The molecule has 0 aromatic carbocycles. The largest absolute Gasteiger partial charge is 0.433 e. The molecule has 0 fully saturated rings. The van der Waals surface area contributed by atoms with Crippen LogP contribution in [0.1, 0.15) is 35.5 Å². The molecule has 0 radical (unpaired) electrons. The van der Waals surface area contributed by atoms with Crippen LogP contribution in [0.2, 0.25) is 0 Å². The van der Waals surface area contributed by atoms with Crippen LogP contribution in [0.25, 0.3) is 0 Å². The SMILES string of the molecule is Cn1nc2c(c1NC(=O)Cc1cccc(C(F)(F)F)n1)CCCC2. The summed E-state index contributed by atoms with van der Waals surface area (Å²) in [5.41, 5.74) is 1.09. The summed E-state index contributed by atoms with van der Waals surface area (Å²) in [6.07, 6.45) is -0.894. The zero-order valence-electron chi connectivity index (χ0n) is 13.2. The van der Waals surface area contributed by atoms with Crippen LogP contribution in [0.5, 0.6) is 0 Å². The minimum absolute atomic E-state index is 0.0818. The Morgan fingerprint density at radius 3 is 2.79 bits per heavy atom. The quantitative estimate of drug-likeness (QED) is 0.936. The van der Waals surface area contributed by atoms with E-state index in [0.29, 0.717) is 5.82 Å². The van der Waals surface area contributed by atoms with Gasteiger partial charge in [0.05, 0.1) is 17.8 Å². The molecule has 5 nitrogen and oxygen atoms in total. The van der Waals surface area contributed by atoms with Crippen LogP contribution in [0.15, 0.2) is 18.2 Å². The Kier molecular flexibility index (Phi) is 4.29. The second-order valence-electron chi connectivity index (χ2n) is 5.84. The number of amides is 1. The summed E-state index contributed by atoms with van der Waals surface area (Å²) in [6, 6.07) is 3.55. The van der Waals surface area contributed by atoms with Gasteiger partial charge < -0.3 is 5.32 Å². The first-order valence-corrected chi connectivity index (χ1v) is 7.72. The van der Waals surface area contributed by atoms with Crippen molar-refractivity contribution in [3.63, 3.8) is 0 Å². The van der Waals surface area contributed by atoms with E-state index in [1.807, 2.05) is 0 Å². The number of aromatic nitrogens is 3. The van der Waals surface area contributed by atoms with E-state index in [0.717, 1.165) is 43.0 Å². The number of alkyl halides is 3. The van der Waals surface area contributed by atoms with Gasteiger partial charge in [-0.1, -0.05) is 6.07 Å².